The molecule has 0 spiro atoms. The fraction of sp³-hybridized carbons (Fsp3) is 0.263. The SMILES string of the molecule is CC[n+]1cn(Cn2c[n+](CC)c3ccc(Cl)cc32)c2cc(Cl)ccc21.[I-].[I-]. The molecule has 0 fully saturated rings. The minimum absolute atomic E-state index is 0. The molecule has 0 N–H and O–H groups in total. The van der Waals surface area contributed by atoms with E-state index in [2.05, 4.69) is 56.9 Å². The first-order valence-electron chi connectivity index (χ1n) is 8.46. The molecule has 144 valence electrons. The Morgan fingerprint density at radius 2 is 1.15 bits per heavy atom. The van der Waals surface area contributed by atoms with Crippen LogP contribution in [0.25, 0.3) is 22.1 Å². The summed E-state index contributed by atoms with van der Waals surface area (Å²) in [6.45, 7) is 6.83. The fourth-order valence-corrected chi connectivity index (χ4v) is 3.75. The number of aromatic nitrogens is 4. The van der Waals surface area contributed by atoms with Crippen LogP contribution in [0.3, 0.4) is 0 Å². The van der Waals surface area contributed by atoms with Crippen molar-refractivity contribution in [2.45, 2.75) is 33.6 Å². The minimum Gasteiger partial charge on any atom is -1.00 e. The van der Waals surface area contributed by atoms with Crippen LogP contribution in [0, 0.1) is 0 Å². The van der Waals surface area contributed by atoms with Gasteiger partial charge in [-0.25, -0.2) is 9.13 Å². The van der Waals surface area contributed by atoms with E-state index in [0.29, 0.717) is 6.67 Å². The summed E-state index contributed by atoms with van der Waals surface area (Å²) in [6.07, 6.45) is 4.29. The van der Waals surface area contributed by atoms with Crippen molar-refractivity contribution in [1.82, 2.24) is 9.13 Å². The molecule has 0 aliphatic heterocycles. The van der Waals surface area contributed by atoms with Crippen molar-refractivity contribution in [2.24, 2.45) is 0 Å². The standard InChI is InChI=1S/C19H20Cl2N4.2HI/c1-3-22-11-24(18-9-14(20)5-7-16(18)22)13-25-12-23(4-2)17-8-6-15(21)10-19(17)25;;/h5-12H,3-4,13H2,1-2H3;2*1H/q+2;;/p-2. The largest absolute Gasteiger partial charge is 1.00 e. The fourth-order valence-electron chi connectivity index (χ4n) is 3.42. The molecule has 0 amide bonds. The van der Waals surface area contributed by atoms with Gasteiger partial charge in [0.1, 0.15) is 0 Å². The summed E-state index contributed by atoms with van der Waals surface area (Å²) in [5.41, 5.74) is 4.62. The van der Waals surface area contributed by atoms with E-state index in [4.69, 9.17) is 23.2 Å². The van der Waals surface area contributed by atoms with Crippen LogP contribution in [0.15, 0.2) is 49.1 Å². The van der Waals surface area contributed by atoms with E-state index >= 15 is 0 Å². The minimum atomic E-state index is 0. The molecule has 0 saturated heterocycles. The topological polar surface area (TPSA) is 17.6 Å². The lowest BCUT2D eigenvalue weighted by molar-refractivity contribution is -0.669. The summed E-state index contributed by atoms with van der Waals surface area (Å²) in [4.78, 5) is 0. The first-order chi connectivity index (χ1) is 12.1. The lowest BCUT2D eigenvalue weighted by Crippen LogP contribution is -3.00. The normalized spacial score (nSPS) is 10.8. The Morgan fingerprint density at radius 3 is 1.52 bits per heavy atom. The molecule has 27 heavy (non-hydrogen) atoms. The van der Waals surface area contributed by atoms with Crippen LogP contribution < -0.4 is 57.1 Å². The highest BCUT2D eigenvalue weighted by Crippen LogP contribution is 2.20. The number of nitrogens with zero attached hydrogens (tertiary/aromatic N) is 4. The zero-order valence-electron chi connectivity index (χ0n) is 15.0. The van der Waals surface area contributed by atoms with E-state index in [1.165, 1.54) is 11.0 Å². The van der Waals surface area contributed by atoms with Gasteiger partial charge in [0.25, 0.3) is 0 Å². The van der Waals surface area contributed by atoms with E-state index in [-0.39, 0.29) is 48.0 Å². The van der Waals surface area contributed by atoms with Gasteiger partial charge in [0.15, 0.2) is 22.1 Å². The van der Waals surface area contributed by atoms with Gasteiger partial charge in [-0.05, 0) is 38.1 Å². The Balaban J connectivity index is 0.00000131. The van der Waals surface area contributed by atoms with E-state index < -0.39 is 0 Å². The molecular weight excluding hydrogens is 609 g/mol. The summed E-state index contributed by atoms with van der Waals surface area (Å²) in [7, 11) is 0. The summed E-state index contributed by atoms with van der Waals surface area (Å²) in [6, 6.07) is 12.1. The molecule has 0 atom stereocenters. The van der Waals surface area contributed by atoms with Crippen LogP contribution in [-0.4, -0.2) is 9.13 Å². The van der Waals surface area contributed by atoms with Gasteiger partial charge >= 0.3 is 0 Å². The molecule has 2 heterocycles. The zero-order chi connectivity index (χ0) is 17.6. The van der Waals surface area contributed by atoms with Crippen molar-refractivity contribution in [3.63, 3.8) is 0 Å². The molecule has 0 radical (unpaired) electrons. The number of halogens is 4. The summed E-state index contributed by atoms with van der Waals surface area (Å²) in [5.74, 6) is 0. The molecule has 4 nitrogen and oxygen atoms in total. The maximum absolute atomic E-state index is 6.24. The number of hydrogen-bond donors (Lipinski definition) is 0. The van der Waals surface area contributed by atoms with E-state index in [1.54, 1.807) is 0 Å². The number of hydrogen-bond acceptors (Lipinski definition) is 0. The van der Waals surface area contributed by atoms with E-state index in [0.717, 1.165) is 34.2 Å². The number of rotatable bonds is 4. The van der Waals surface area contributed by atoms with Crippen molar-refractivity contribution >= 4 is 45.3 Å². The van der Waals surface area contributed by atoms with Crippen LogP contribution in [0.1, 0.15) is 13.8 Å². The molecule has 4 aromatic rings. The maximum atomic E-state index is 6.24. The third-order valence-corrected chi connectivity index (χ3v) is 5.13. The van der Waals surface area contributed by atoms with Crippen molar-refractivity contribution in [3.05, 3.63) is 59.1 Å². The third-order valence-electron chi connectivity index (χ3n) is 4.66. The molecule has 8 heteroatoms. The highest BCUT2D eigenvalue weighted by molar-refractivity contribution is 6.31. The molecule has 0 bridgehead atoms. The molecule has 2 aromatic heterocycles. The summed E-state index contributed by atoms with van der Waals surface area (Å²) in [5, 5.41) is 1.50. The lowest BCUT2D eigenvalue weighted by atomic mass is 10.3. The second-order valence-corrected chi connectivity index (χ2v) is 7.02. The van der Waals surface area contributed by atoms with Gasteiger partial charge in [0, 0.05) is 22.2 Å². The molecule has 0 unspecified atom stereocenters. The van der Waals surface area contributed by atoms with E-state index in [1.807, 2.05) is 24.3 Å². The number of benzene rings is 2. The van der Waals surface area contributed by atoms with Gasteiger partial charge < -0.3 is 48.0 Å². The first kappa shape index (κ1) is 22.7. The Hall–Kier alpha value is -0.580. The first-order valence-corrected chi connectivity index (χ1v) is 9.22. The highest BCUT2D eigenvalue weighted by atomic mass is 127. The molecule has 4 rings (SSSR count). The zero-order valence-corrected chi connectivity index (χ0v) is 20.9. The van der Waals surface area contributed by atoms with Crippen molar-refractivity contribution in [2.75, 3.05) is 0 Å². The van der Waals surface area contributed by atoms with Crippen molar-refractivity contribution < 1.29 is 57.1 Å². The Bertz CT molecular complexity index is 1000. The van der Waals surface area contributed by atoms with Gasteiger partial charge in [-0.3, -0.25) is 0 Å². The number of aryl methyl sites for hydroxylation is 2. The highest BCUT2D eigenvalue weighted by Gasteiger charge is 2.21. The van der Waals surface area contributed by atoms with Gasteiger partial charge in [-0.15, -0.1) is 0 Å². The second-order valence-electron chi connectivity index (χ2n) is 6.15. The van der Waals surface area contributed by atoms with Crippen molar-refractivity contribution in [1.29, 1.82) is 0 Å². The number of imidazole rings is 2. The Morgan fingerprint density at radius 1 is 0.741 bits per heavy atom. The van der Waals surface area contributed by atoms with Gasteiger partial charge in [-0.1, -0.05) is 23.2 Å². The summed E-state index contributed by atoms with van der Waals surface area (Å²) < 4.78 is 8.92. The van der Waals surface area contributed by atoms with Gasteiger partial charge in [-0.2, -0.15) is 9.13 Å². The summed E-state index contributed by atoms with van der Waals surface area (Å²) >= 11 is 12.5. The maximum Gasteiger partial charge on any atom is 0.247 e. The number of fused-ring (bicyclic) bond motifs is 2. The quantitative estimate of drug-likeness (QED) is 0.185. The van der Waals surface area contributed by atoms with E-state index in [9.17, 15) is 0 Å². The molecule has 0 saturated carbocycles. The average molecular weight is 629 g/mol. The Kier molecular flexibility index (Phi) is 7.80. The molecule has 0 aliphatic carbocycles. The van der Waals surface area contributed by atoms with Crippen LogP contribution in [0.2, 0.25) is 10.0 Å². The molecular formula is C19H20Cl2I2N4. The smallest absolute Gasteiger partial charge is 0.247 e. The predicted octanol–water partition coefficient (Wildman–Crippen LogP) is -1.97. The lowest BCUT2D eigenvalue weighted by Gasteiger charge is -1.97. The predicted molar refractivity (Wildman–Crippen MR) is 101 cm³/mol. The second kappa shape index (κ2) is 9.28. The van der Waals surface area contributed by atoms with Crippen LogP contribution in [0.5, 0.6) is 0 Å². The molecule has 0 aliphatic rings. The average Bonchev–Trinajstić information content (AvgIpc) is 3.13. The van der Waals surface area contributed by atoms with Crippen molar-refractivity contribution in [3.8, 4) is 0 Å². The van der Waals surface area contributed by atoms with Crippen LogP contribution in [0.4, 0.5) is 0 Å². The van der Waals surface area contributed by atoms with Gasteiger partial charge in [0.2, 0.25) is 19.3 Å². The Labute approximate surface area is 202 Å². The van der Waals surface area contributed by atoms with Gasteiger partial charge in [0.05, 0.1) is 13.1 Å². The third kappa shape index (κ3) is 4.23. The molecule has 2 aromatic carbocycles. The monoisotopic (exact) mass is 628 g/mol. The van der Waals surface area contributed by atoms with Crippen LogP contribution >= 0.6 is 23.2 Å². The van der Waals surface area contributed by atoms with Crippen LogP contribution in [-0.2, 0) is 19.8 Å².